The fraction of sp³-hybridized carbons (Fsp3) is 0.625. The van der Waals surface area contributed by atoms with Crippen LogP contribution in [0.3, 0.4) is 0 Å². The minimum absolute atomic E-state index is 0.393. The Hall–Kier alpha value is -0.410. The number of nitrogens with zero attached hydrogens (tertiary/aromatic N) is 1. The molecule has 0 aliphatic carbocycles. The Labute approximate surface area is 71.7 Å². The monoisotopic (exact) mass is 170 g/mol. The van der Waals surface area contributed by atoms with Crippen molar-refractivity contribution in [3.63, 3.8) is 0 Å². The van der Waals surface area contributed by atoms with E-state index in [4.69, 9.17) is 0 Å². The minimum atomic E-state index is 0.393. The van der Waals surface area contributed by atoms with Gasteiger partial charge in [0.15, 0.2) is 0 Å². The number of nitrogens with one attached hydrogen (secondary N) is 1. The second-order valence-corrected chi connectivity index (χ2v) is 3.63. The Morgan fingerprint density at radius 3 is 2.91 bits per heavy atom. The SMILES string of the molecule is CCNC(C)c1csc(C)n1. The third-order valence-electron chi connectivity index (χ3n) is 1.59. The molecule has 11 heavy (non-hydrogen) atoms. The minimum Gasteiger partial charge on any atom is -0.309 e. The van der Waals surface area contributed by atoms with Crippen LogP contribution < -0.4 is 5.32 Å². The lowest BCUT2D eigenvalue weighted by molar-refractivity contribution is 0.585. The number of aromatic nitrogens is 1. The molecule has 1 unspecified atom stereocenters. The van der Waals surface area contributed by atoms with E-state index in [1.54, 1.807) is 11.3 Å². The van der Waals surface area contributed by atoms with E-state index in [1.165, 1.54) is 0 Å². The molecule has 1 rings (SSSR count). The van der Waals surface area contributed by atoms with Crippen LogP contribution in [0.1, 0.15) is 30.6 Å². The summed E-state index contributed by atoms with van der Waals surface area (Å²) in [6.07, 6.45) is 0. The first-order valence-corrected chi connectivity index (χ1v) is 4.77. The fourth-order valence-corrected chi connectivity index (χ4v) is 1.70. The van der Waals surface area contributed by atoms with Crippen LogP contribution in [-0.2, 0) is 0 Å². The van der Waals surface area contributed by atoms with Crippen LogP contribution in [0.25, 0.3) is 0 Å². The van der Waals surface area contributed by atoms with Crippen LogP contribution in [0.15, 0.2) is 5.38 Å². The number of rotatable bonds is 3. The van der Waals surface area contributed by atoms with E-state index >= 15 is 0 Å². The first-order chi connectivity index (χ1) is 5.24. The summed E-state index contributed by atoms with van der Waals surface area (Å²) in [5.74, 6) is 0. The highest BCUT2D eigenvalue weighted by molar-refractivity contribution is 7.09. The first kappa shape index (κ1) is 8.68. The molecule has 0 spiro atoms. The summed E-state index contributed by atoms with van der Waals surface area (Å²) in [5.41, 5.74) is 1.16. The van der Waals surface area contributed by atoms with Crippen molar-refractivity contribution in [3.8, 4) is 0 Å². The third kappa shape index (κ3) is 2.27. The van der Waals surface area contributed by atoms with Crippen LogP contribution in [-0.4, -0.2) is 11.5 Å². The average Bonchev–Trinajstić information content (AvgIpc) is 2.36. The van der Waals surface area contributed by atoms with Gasteiger partial charge in [0.25, 0.3) is 0 Å². The lowest BCUT2D eigenvalue weighted by Gasteiger charge is -2.07. The zero-order valence-electron chi connectivity index (χ0n) is 7.22. The first-order valence-electron chi connectivity index (χ1n) is 3.89. The number of hydrogen-bond donors (Lipinski definition) is 1. The molecular formula is C8H14N2S. The summed E-state index contributed by atoms with van der Waals surface area (Å²) in [4.78, 5) is 4.39. The number of hydrogen-bond acceptors (Lipinski definition) is 3. The molecule has 1 aromatic rings. The summed E-state index contributed by atoms with van der Waals surface area (Å²) in [5, 5.41) is 6.58. The molecule has 0 saturated heterocycles. The van der Waals surface area contributed by atoms with Crippen molar-refractivity contribution in [2.24, 2.45) is 0 Å². The van der Waals surface area contributed by atoms with Crippen LogP contribution in [0.2, 0.25) is 0 Å². The third-order valence-corrected chi connectivity index (χ3v) is 2.38. The predicted molar refractivity (Wildman–Crippen MR) is 48.9 cm³/mol. The highest BCUT2D eigenvalue weighted by Crippen LogP contribution is 2.14. The second kappa shape index (κ2) is 3.83. The van der Waals surface area contributed by atoms with Gasteiger partial charge in [-0.2, -0.15) is 0 Å². The summed E-state index contributed by atoms with van der Waals surface area (Å²) >= 11 is 1.71. The van der Waals surface area contributed by atoms with Crippen LogP contribution in [0, 0.1) is 6.92 Å². The molecule has 1 N–H and O–H groups in total. The molecule has 0 fully saturated rings. The van der Waals surface area contributed by atoms with Crippen molar-refractivity contribution in [1.29, 1.82) is 0 Å². The van der Waals surface area contributed by atoms with Crippen molar-refractivity contribution in [2.75, 3.05) is 6.54 Å². The van der Waals surface area contributed by atoms with Gasteiger partial charge in [-0.15, -0.1) is 11.3 Å². The smallest absolute Gasteiger partial charge is 0.0898 e. The van der Waals surface area contributed by atoms with Crippen molar-refractivity contribution in [1.82, 2.24) is 10.3 Å². The predicted octanol–water partition coefficient (Wildman–Crippen LogP) is 2.12. The Morgan fingerprint density at radius 1 is 1.73 bits per heavy atom. The van der Waals surface area contributed by atoms with Crippen molar-refractivity contribution in [3.05, 3.63) is 16.1 Å². The van der Waals surface area contributed by atoms with Gasteiger partial charge < -0.3 is 5.32 Å². The number of aryl methyl sites for hydroxylation is 1. The van der Waals surface area contributed by atoms with Crippen molar-refractivity contribution >= 4 is 11.3 Å². The molecule has 0 aromatic carbocycles. The van der Waals surface area contributed by atoms with E-state index in [2.05, 4.69) is 29.5 Å². The summed E-state index contributed by atoms with van der Waals surface area (Å²) < 4.78 is 0. The van der Waals surface area contributed by atoms with Gasteiger partial charge in [-0.25, -0.2) is 4.98 Å². The Kier molecular flexibility index (Phi) is 3.02. The molecule has 0 radical (unpaired) electrons. The quantitative estimate of drug-likeness (QED) is 0.751. The molecule has 1 atom stereocenters. The van der Waals surface area contributed by atoms with Crippen molar-refractivity contribution in [2.45, 2.75) is 26.8 Å². The van der Waals surface area contributed by atoms with Gasteiger partial charge >= 0.3 is 0 Å². The van der Waals surface area contributed by atoms with Gasteiger partial charge in [-0.05, 0) is 20.4 Å². The summed E-state index contributed by atoms with van der Waals surface area (Å²) in [7, 11) is 0. The lowest BCUT2D eigenvalue weighted by Crippen LogP contribution is -2.17. The largest absolute Gasteiger partial charge is 0.309 e. The molecule has 0 bridgehead atoms. The van der Waals surface area contributed by atoms with E-state index in [1.807, 2.05) is 6.92 Å². The molecule has 0 saturated carbocycles. The Balaban J connectivity index is 2.60. The molecule has 3 heteroatoms. The van der Waals surface area contributed by atoms with Crippen LogP contribution in [0.4, 0.5) is 0 Å². The number of thiazole rings is 1. The van der Waals surface area contributed by atoms with Gasteiger partial charge in [-0.3, -0.25) is 0 Å². The van der Waals surface area contributed by atoms with Crippen LogP contribution in [0.5, 0.6) is 0 Å². The zero-order valence-corrected chi connectivity index (χ0v) is 8.03. The molecule has 1 heterocycles. The van der Waals surface area contributed by atoms with E-state index in [9.17, 15) is 0 Å². The van der Waals surface area contributed by atoms with Gasteiger partial charge in [0.2, 0.25) is 0 Å². The average molecular weight is 170 g/mol. The normalized spacial score (nSPS) is 13.4. The maximum absolute atomic E-state index is 4.39. The lowest BCUT2D eigenvalue weighted by atomic mass is 10.2. The van der Waals surface area contributed by atoms with Crippen molar-refractivity contribution < 1.29 is 0 Å². The maximum Gasteiger partial charge on any atom is 0.0898 e. The van der Waals surface area contributed by atoms with Gasteiger partial charge in [0.1, 0.15) is 0 Å². The molecule has 62 valence electrons. The molecule has 2 nitrogen and oxygen atoms in total. The van der Waals surface area contributed by atoms with Gasteiger partial charge in [0, 0.05) is 11.4 Å². The molecule has 0 aliphatic heterocycles. The van der Waals surface area contributed by atoms with Gasteiger partial charge in [0.05, 0.1) is 10.7 Å². The summed E-state index contributed by atoms with van der Waals surface area (Å²) in [6, 6.07) is 0.393. The highest BCUT2D eigenvalue weighted by Gasteiger charge is 2.05. The van der Waals surface area contributed by atoms with E-state index < -0.39 is 0 Å². The molecule has 0 amide bonds. The maximum atomic E-state index is 4.39. The fourth-order valence-electron chi connectivity index (χ4n) is 0.990. The zero-order chi connectivity index (χ0) is 8.27. The molecular weight excluding hydrogens is 156 g/mol. The van der Waals surface area contributed by atoms with E-state index in [0.29, 0.717) is 6.04 Å². The second-order valence-electron chi connectivity index (χ2n) is 2.57. The van der Waals surface area contributed by atoms with E-state index in [-0.39, 0.29) is 0 Å². The topological polar surface area (TPSA) is 24.9 Å². The Bertz CT molecular complexity index is 220. The molecule has 0 aliphatic rings. The summed E-state index contributed by atoms with van der Waals surface area (Å²) in [6.45, 7) is 7.28. The molecule has 1 aromatic heterocycles. The Morgan fingerprint density at radius 2 is 2.45 bits per heavy atom. The van der Waals surface area contributed by atoms with Crippen LogP contribution >= 0.6 is 11.3 Å². The van der Waals surface area contributed by atoms with Gasteiger partial charge in [-0.1, -0.05) is 6.92 Å². The standard InChI is InChI=1S/C8H14N2S/c1-4-9-6(2)8-5-11-7(3)10-8/h5-6,9H,4H2,1-3H3. The van der Waals surface area contributed by atoms with E-state index in [0.717, 1.165) is 17.2 Å². The highest BCUT2D eigenvalue weighted by atomic mass is 32.1.